The van der Waals surface area contributed by atoms with Gasteiger partial charge in [0.15, 0.2) is 0 Å². The minimum Gasteiger partial charge on any atom is -0.302 e. The second kappa shape index (κ2) is 7.10. The van der Waals surface area contributed by atoms with Crippen LogP contribution >= 0.6 is 0 Å². The summed E-state index contributed by atoms with van der Waals surface area (Å²) in [5.41, 5.74) is 2.46. The zero-order chi connectivity index (χ0) is 21.5. The number of amides is 1. The van der Waals surface area contributed by atoms with Gasteiger partial charge in [-0.3, -0.25) is 14.9 Å². The quantitative estimate of drug-likeness (QED) is 0.417. The van der Waals surface area contributed by atoms with Crippen LogP contribution in [-0.4, -0.2) is 16.4 Å². The van der Waals surface area contributed by atoms with Crippen LogP contribution in [0.4, 0.5) is 11.4 Å². The first-order valence-electron chi connectivity index (χ1n) is 9.98. The summed E-state index contributed by atoms with van der Waals surface area (Å²) in [4.78, 5) is 26.4. The Labute approximate surface area is 176 Å². The summed E-state index contributed by atoms with van der Waals surface area (Å²) >= 11 is 0. The Bertz CT molecular complexity index is 1120. The molecule has 0 N–H and O–H groups in total. The molecule has 0 bridgehead atoms. The van der Waals surface area contributed by atoms with Crippen molar-refractivity contribution in [2.45, 2.75) is 38.1 Å². The summed E-state index contributed by atoms with van der Waals surface area (Å²) in [7, 11) is 0. The van der Waals surface area contributed by atoms with Gasteiger partial charge in [-0.25, -0.2) is 0 Å². The van der Waals surface area contributed by atoms with Crippen LogP contribution in [0.25, 0.3) is 0 Å². The summed E-state index contributed by atoms with van der Waals surface area (Å²) in [5.74, 6) is -0.0471. The molecule has 3 aromatic rings. The molecule has 1 heterocycles. The van der Waals surface area contributed by atoms with Crippen LogP contribution in [0.5, 0.6) is 0 Å². The monoisotopic (exact) mass is 400 g/mol. The first-order chi connectivity index (χ1) is 14.2. The highest BCUT2D eigenvalue weighted by molar-refractivity contribution is 6.08. The molecule has 152 valence electrons. The molecule has 5 heteroatoms. The number of fused-ring (bicyclic) bond motifs is 1. The molecular weight excluding hydrogens is 376 g/mol. The summed E-state index contributed by atoms with van der Waals surface area (Å²) in [6.45, 7) is 6.22. The highest BCUT2D eigenvalue weighted by Gasteiger charge is 2.48. The number of carbonyl (C=O) groups is 1. The summed E-state index contributed by atoms with van der Waals surface area (Å²) < 4.78 is 0. The van der Waals surface area contributed by atoms with Crippen LogP contribution in [0.15, 0.2) is 78.9 Å². The number of para-hydroxylation sites is 1. The van der Waals surface area contributed by atoms with Crippen LogP contribution in [0.2, 0.25) is 0 Å². The van der Waals surface area contributed by atoms with E-state index in [-0.39, 0.29) is 16.5 Å². The second-order valence-electron chi connectivity index (χ2n) is 8.65. The fourth-order valence-electron chi connectivity index (χ4n) is 4.82. The van der Waals surface area contributed by atoms with E-state index in [4.69, 9.17) is 0 Å². The normalized spacial score (nSPS) is 19.8. The topological polar surface area (TPSA) is 63.5 Å². The standard InChI is InChI=1S/C25H24N2O3/c1-24(2)17-25(3,19-12-9-13-20(16-19)27(29)30)21-14-7-8-15-22(21)26(24)23(28)18-10-5-4-6-11-18/h4-16H,17H2,1-3H3/t25-/m1/s1. The number of nitrogens with zero attached hydrogens (tertiary/aromatic N) is 2. The smallest absolute Gasteiger partial charge is 0.269 e. The zero-order valence-corrected chi connectivity index (χ0v) is 17.3. The number of rotatable bonds is 3. The maximum atomic E-state index is 13.5. The second-order valence-corrected chi connectivity index (χ2v) is 8.65. The van der Waals surface area contributed by atoms with E-state index in [0.717, 1.165) is 16.8 Å². The molecule has 0 saturated heterocycles. The van der Waals surface area contributed by atoms with E-state index >= 15 is 0 Å². The van der Waals surface area contributed by atoms with Crippen molar-refractivity contribution >= 4 is 17.3 Å². The molecular formula is C25H24N2O3. The first kappa shape index (κ1) is 19.8. The molecule has 0 radical (unpaired) electrons. The Balaban J connectivity index is 1.90. The van der Waals surface area contributed by atoms with E-state index in [2.05, 4.69) is 20.8 Å². The van der Waals surface area contributed by atoms with Gasteiger partial charge in [0.2, 0.25) is 0 Å². The van der Waals surface area contributed by atoms with Crippen molar-refractivity contribution in [1.82, 2.24) is 0 Å². The lowest BCUT2D eigenvalue weighted by Gasteiger charge is -2.51. The third-order valence-electron chi connectivity index (χ3n) is 6.05. The number of nitro benzene ring substituents is 1. The van der Waals surface area contributed by atoms with Gasteiger partial charge in [-0.1, -0.05) is 55.5 Å². The number of carbonyl (C=O) groups excluding carboxylic acids is 1. The Kier molecular flexibility index (Phi) is 4.69. The van der Waals surface area contributed by atoms with Gasteiger partial charge in [-0.15, -0.1) is 0 Å². The fraction of sp³-hybridized carbons (Fsp3) is 0.240. The Morgan fingerprint density at radius 1 is 0.933 bits per heavy atom. The zero-order valence-electron chi connectivity index (χ0n) is 17.3. The molecule has 0 aromatic heterocycles. The van der Waals surface area contributed by atoms with Crippen molar-refractivity contribution in [2.75, 3.05) is 4.90 Å². The third-order valence-corrected chi connectivity index (χ3v) is 6.05. The molecule has 0 fully saturated rings. The van der Waals surface area contributed by atoms with Crippen LogP contribution in [0.3, 0.4) is 0 Å². The molecule has 5 nitrogen and oxygen atoms in total. The lowest BCUT2D eigenvalue weighted by atomic mass is 9.65. The summed E-state index contributed by atoms with van der Waals surface area (Å²) in [5, 5.41) is 11.4. The average molecular weight is 400 g/mol. The summed E-state index contributed by atoms with van der Waals surface area (Å²) in [6, 6.07) is 24.0. The molecule has 1 atom stereocenters. The predicted octanol–water partition coefficient (Wildman–Crippen LogP) is 5.73. The van der Waals surface area contributed by atoms with Gasteiger partial charge in [0.1, 0.15) is 0 Å². The summed E-state index contributed by atoms with van der Waals surface area (Å²) in [6.07, 6.45) is 0.636. The molecule has 4 rings (SSSR count). The lowest BCUT2D eigenvalue weighted by molar-refractivity contribution is -0.385. The van der Waals surface area contributed by atoms with Crippen molar-refractivity contribution in [3.8, 4) is 0 Å². The van der Waals surface area contributed by atoms with Crippen LogP contribution in [0.1, 0.15) is 48.7 Å². The van der Waals surface area contributed by atoms with Crippen LogP contribution in [-0.2, 0) is 5.41 Å². The van der Waals surface area contributed by atoms with E-state index < -0.39 is 11.0 Å². The molecule has 0 aliphatic carbocycles. The Morgan fingerprint density at radius 3 is 2.30 bits per heavy atom. The van der Waals surface area contributed by atoms with E-state index in [1.807, 2.05) is 65.6 Å². The van der Waals surface area contributed by atoms with Gasteiger partial charge < -0.3 is 4.90 Å². The van der Waals surface area contributed by atoms with E-state index in [9.17, 15) is 14.9 Å². The van der Waals surface area contributed by atoms with Gasteiger partial charge in [0.05, 0.1) is 4.92 Å². The van der Waals surface area contributed by atoms with Gasteiger partial charge >= 0.3 is 0 Å². The molecule has 1 aliphatic heterocycles. The van der Waals surface area contributed by atoms with Crippen molar-refractivity contribution in [3.63, 3.8) is 0 Å². The SMILES string of the molecule is CC1(C)C[C@](C)(c2cccc([N+](=O)[O-])c2)c2ccccc2N1C(=O)c1ccccc1. The largest absolute Gasteiger partial charge is 0.302 e. The van der Waals surface area contributed by atoms with E-state index in [1.54, 1.807) is 12.1 Å². The van der Waals surface area contributed by atoms with Crippen molar-refractivity contribution in [2.24, 2.45) is 0 Å². The number of anilines is 1. The van der Waals surface area contributed by atoms with Gasteiger partial charge in [-0.2, -0.15) is 0 Å². The fourth-order valence-corrected chi connectivity index (χ4v) is 4.82. The number of benzene rings is 3. The van der Waals surface area contributed by atoms with Crippen molar-refractivity contribution in [3.05, 3.63) is 106 Å². The molecule has 1 amide bonds. The maximum absolute atomic E-state index is 13.5. The van der Waals surface area contributed by atoms with Crippen molar-refractivity contribution in [1.29, 1.82) is 0 Å². The molecule has 1 aliphatic rings. The number of nitro groups is 1. The molecule has 0 unspecified atom stereocenters. The number of non-ortho nitro benzene ring substituents is 1. The highest BCUT2D eigenvalue weighted by atomic mass is 16.6. The molecule has 0 spiro atoms. The number of hydrogen-bond donors (Lipinski definition) is 0. The predicted molar refractivity (Wildman–Crippen MR) is 118 cm³/mol. The van der Waals surface area contributed by atoms with Crippen LogP contribution < -0.4 is 4.90 Å². The minimum absolute atomic E-state index is 0.0471. The Morgan fingerprint density at radius 2 is 1.60 bits per heavy atom. The molecule has 30 heavy (non-hydrogen) atoms. The number of hydrogen-bond acceptors (Lipinski definition) is 3. The lowest BCUT2D eigenvalue weighted by Crippen LogP contribution is -2.55. The van der Waals surface area contributed by atoms with Gasteiger partial charge in [0, 0.05) is 34.3 Å². The third kappa shape index (κ3) is 3.16. The molecule has 3 aromatic carbocycles. The first-order valence-corrected chi connectivity index (χ1v) is 9.98. The molecule has 0 saturated carbocycles. The minimum atomic E-state index is -0.499. The highest BCUT2D eigenvalue weighted by Crippen LogP contribution is 2.51. The maximum Gasteiger partial charge on any atom is 0.269 e. The Hall–Kier alpha value is -3.47. The van der Waals surface area contributed by atoms with E-state index in [0.29, 0.717) is 12.0 Å². The van der Waals surface area contributed by atoms with Crippen LogP contribution in [0, 0.1) is 10.1 Å². The van der Waals surface area contributed by atoms with E-state index in [1.165, 1.54) is 6.07 Å². The van der Waals surface area contributed by atoms with Crippen molar-refractivity contribution < 1.29 is 9.72 Å². The van der Waals surface area contributed by atoms with Gasteiger partial charge in [0.25, 0.3) is 11.6 Å². The average Bonchev–Trinajstić information content (AvgIpc) is 2.73. The van der Waals surface area contributed by atoms with Gasteiger partial charge in [-0.05, 0) is 49.6 Å².